The Morgan fingerprint density at radius 2 is 1.59 bits per heavy atom. The third-order valence-corrected chi connectivity index (χ3v) is 4.51. The molecule has 1 aliphatic carbocycles. The quantitative estimate of drug-likeness (QED) is 0.753. The Morgan fingerprint density at radius 1 is 0.864 bits per heavy atom. The van der Waals surface area contributed by atoms with E-state index in [1.807, 2.05) is 0 Å². The van der Waals surface area contributed by atoms with Gasteiger partial charge in [-0.05, 0) is 37.1 Å². The van der Waals surface area contributed by atoms with Gasteiger partial charge in [-0.25, -0.2) is 4.98 Å². The van der Waals surface area contributed by atoms with E-state index in [0.29, 0.717) is 6.04 Å². The molecule has 1 saturated carbocycles. The first-order valence-electron chi connectivity index (χ1n) is 8.21. The summed E-state index contributed by atoms with van der Waals surface area (Å²) in [5.41, 5.74) is 3.37. The van der Waals surface area contributed by atoms with Crippen molar-refractivity contribution in [3.05, 3.63) is 54.6 Å². The SMILES string of the molecule is c1ccc(-n2c(NC3CCCCC3)nc3ccccc32)cc1. The van der Waals surface area contributed by atoms with Gasteiger partial charge >= 0.3 is 0 Å². The van der Waals surface area contributed by atoms with Gasteiger partial charge in [-0.1, -0.05) is 49.6 Å². The molecular weight excluding hydrogens is 270 g/mol. The second-order valence-corrected chi connectivity index (χ2v) is 6.07. The number of fused-ring (bicyclic) bond motifs is 1. The average molecular weight is 291 g/mol. The van der Waals surface area contributed by atoms with Gasteiger partial charge in [0.25, 0.3) is 0 Å². The van der Waals surface area contributed by atoms with E-state index >= 15 is 0 Å². The Labute approximate surface area is 131 Å². The van der Waals surface area contributed by atoms with Crippen molar-refractivity contribution in [1.29, 1.82) is 0 Å². The zero-order valence-electron chi connectivity index (χ0n) is 12.7. The summed E-state index contributed by atoms with van der Waals surface area (Å²) in [7, 11) is 0. The van der Waals surface area contributed by atoms with E-state index in [2.05, 4.69) is 64.5 Å². The lowest BCUT2D eigenvalue weighted by Crippen LogP contribution is -2.24. The standard InChI is InChI=1S/C19H21N3/c1-3-9-15(10-4-1)20-19-21-17-13-7-8-14-18(17)22(19)16-11-5-2-6-12-16/h2,5-8,11-15H,1,3-4,9-10H2,(H,20,21). The molecule has 0 atom stereocenters. The first kappa shape index (κ1) is 13.4. The van der Waals surface area contributed by atoms with Gasteiger partial charge in [0.15, 0.2) is 0 Å². The van der Waals surface area contributed by atoms with Crippen molar-refractivity contribution in [3.8, 4) is 5.69 Å². The number of nitrogens with one attached hydrogen (secondary N) is 1. The van der Waals surface area contributed by atoms with Crippen LogP contribution in [0.15, 0.2) is 54.6 Å². The van der Waals surface area contributed by atoms with E-state index < -0.39 is 0 Å². The Kier molecular flexibility index (Phi) is 3.55. The van der Waals surface area contributed by atoms with Crippen LogP contribution in [0.2, 0.25) is 0 Å². The molecule has 22 heavy (non-hydrogen) atoms. The number of hydrogen-bond donors (Lipinski definition) is 1. The monoisotopic (exact) mass is 291 g/mol. The third kappa shape index (κ3) is 2.47. The zero-order valence-corrected chi connectivity index (χ0v) is 12.7. The van der Waals surface area contributed by atoms with Crippen molar-refractivity contribution in [2.45, 2.75) is 38.1 Å². The molecule has 0 saturated heterocycles. The summed E-state index contributed by atoms with van der Waals surface area (Å²) >= 11 is 0. The molecule has 0 bridgehead atoms. The zero-order chi connectivity index (χ0) is 14.8. The molecule has 0 radical (unpaired) electrons. The van der Waals surface area contributed by atoms with Crippen LogP contribution in [0, 0.1) is 0 Å². The van der Waals surface area contributed by atoms with Gasteiger partial charge in [0, 0.05) is 11.7 Å². The van der Waals surface area contributed by atoms with E-state index in [4.69, 9.17) is 4.98 Å². The predicted octanol–water partition coefficient (Wildman–Crippen LogP) is 4.77. The second-order valence-electron chi connectivity index (χ2n) is 6.07. The fraction of sp³-hybridized carbons (Fsp3) is 0.316. The molecular formula is C19H21N3. The molecule has 0 amide bonds. The van der Waals surface area contributed by atoms with Crippen molar-refractivity contribution < 1.29 is 0 Å². The number of nitrogens with zero attached hydrogens (tertiary/aromatic N) is 2. The number of aromatic nitrogens is 2. The van der Waals surface area contributed by atoms with E-state index in [0.717, 1.165) is 22.7 Å². The lowest BCUT2D eigenvalue weighted by atomic mass is 9.96. The topological polar surface area (TPSA) is 29.9 Å². The molecule has 112 valence electrons. The summed E-state index contributed by atoms with van der Waals surface area (Å²) in [6.07, 6.45) is 6.51. The maximum absolute atomic E-state index is 4.84. The summed E-state index contributed by atoms with van der Waals surface area (Å²) in [5, 5.41) is 3.69. The number of anilines is 1. The highest BCUT2D eigenvalue weighted by Crippen LogP contribution is 2.27. The van der Waals surface area contributed by atoms with Crippen LogP contribution in [-0.2, 0) is 0 Å². The summed E-state index contributed by atoms with van der Waals surface area (Å²) in [6, 6.07) is 19.4. The maximum Gasteiger partial charge on any atom is 0.208 e. The van der Waals surface area contributed by atoms with Crippen molar-refractivity contribution >= 4 is 17.0 Å². The highest BCUT2D eigenvalue weighted by Gasteiger charge is 2.18. The van der Waals surface area contributed by atoms with Crippen LogP contribution >= 0.6 is 0 Å². The van der Waals surface area contributed by atoms with Crippen LogP contribution in [0.3, 0.4) is 0 Å². The van der Waals surface area contributed by atoms with Gasteiger partial charge < -0.3 is 5.32 Å². The minimum atomic E-state index is 0.549. The molecule has 0 spiro atoms. The fourth-order valence-electron chi connectivity index (χ4n) is 3.39. The van der Waals surface area contributed by atoms with Crippen LogP contribution in [-0.4, -0.2) is 15.6 Å². The van der Waals surface area contributed by atoms with Gasteiger partial charge in [-0.3, -0.25) is 4.57 Å². The van der Waals surface area contributed by atoms with Gasteiger partial charge in [-0.2, -0.15) is 0 Å². The molecule has 1 aromatic heterocycles. The van der Waals surface area contributed by atoms with Crippen molar-refractivity contribution in [2.75, 3.05) is 5.32 Å². The van der Waals surface area contributed by atoms with Gasteiger partial charge in [-0.15, -0.1) is 0 Å². The van der Waals surface area contributed by atoms with Crippen LogP contribution in [0.25, 0.3) is 16.7 Å². The molecule has 1 aliphatic rings. The summed E-state index contributed by atoms with van der Waals surface area (Å²) < 4.78 is 2.24. The molecule has 1 N–H and O–H groups in total. The normalized spacial score (nSPS) is 16.0. The highest BCUT2D eigenvalue weighted by molar-refractivity contribution is 5.81. The van der Waals surface area contributed by atoms with Gasteiger partial charge in [0.2, 0.25) is 5.95 Å². The number of imidazole rings is 1. The van der Waals surface area contributed by atoms with Crippen LogP contribution in [0.4, 0.5) is 5.95 Å². The Balaban J connectivity index is 1.79. The fourth-order valence-corrected chi connectivity index (χ4v) is 3.39. The number of rotatable bonds is 3. The molecule has 3 heteroatoms. The largest absolute Gasteiger partial charge is 0.353 e. The maximum atomic E-state index is 4.84. The van der Waals surface area contributed by atoms with Crippen molar-refractivity contribution in [1.82, 2.24) is 9.55 Å². The summed E-state index contributed by atoms with van der Waals surface area (Å²) in [4.78, 5) is 4.84. The first-order chi connectivity index (χ1) is 10.9. The van der Waals surface area contributed by atoms with Crippen LogP contribution < -0.4 is 5.32 Å². The molecule has 3 nitrogen and oxygen atoms in total. The molecule has 4 rings (SSSR count). The highest BCUT2D eigenvalue weighted by atomic mass is 15.2. The molecule has 0 aliphatic heterocycles. The average Bonchev–Trinajstić information content (AvgIpc) is 2.94. The second kappa shape index (κ2) is 5.84. The minimum Gasteiger partial charge on any atom is -0.353 e. The Hall–Kier alpha value is -2.29. The molecule has 3 aromatic rings. The molecule has 0 unspecified atom stereocenters. The first-order valence-corrected chi connectivity index (χ1v) is 8.21. The smallest absolute Gasteiger partial charge is 0.208 e. The van der Waals surface area contributed by atoms with Crippen LogP contribution in [0.1, 0.15) is 32.1 Å². The summed E-state index contributed by atoms with van der Waals surface area (Å²) in [6.45, 7) is 0. The van der Waals surface area contributed by atoms with Gasteiger partial charge in [0.05, 0.1) is 11.0 Å². The van der Waals surface area contributed by atoms with Gasteiger partial charge in [0.1, 0.15) is 0 Å². The lowest BCUT2D eigenvalue weighted by molar-refractivity contribution is 0.460. The number of benzene rings is 2. The Bertz CT molecular complexity index is 755. The number of para-hydroxylation sites is 3. The van der Waals surface area contributed by atoms with E-state index in [1.54, 1.807) is 0 Å². The van der Waals surface area contributed by atoms with E-state index in [-0.39, 0.29) is 0 Å². The van der Waals surface area contributed by atoms with E-state index in [1.165, 1.54) is 32.1 Å². The van der Waals surface area contributed by atoms with E-state index in [9.17, 15) is 0 Å². The third-order valence-electron chi connectivity index (χ3n) is 4.51. The number of hydrogen-bond acceptors (Lipinski definition) is 2. The predicted molar refractivity (Wildman–Crippen MR) is 91.6 cm³/mol. The van der Waals surface area contributed by atoms with Crippen LogP contribution in [0.5, 0.6) is 0 Å². The summed E-state index contributed by atoms with van der Waals surface area (Å²) in [5.74, 6) is 0.972. The molecule has 1 fully saturated rings. The van der Waals surface area contributed by atoms with Crippen molar-refractivity contribution in [2.24, 2.45) is 0 Å². The minimum absolute atomic E-state index is 0.549. The Morgan fingerprint density at radius 3 is 2.41 bits per heavy atom. The lowest BCUT2D eigenvalue weighted by Gasteiger charge is -2.23. The van der Waals surface area contributed by atoms with Crippen molar-refractivity contribution in [3.63, 3.8) is 0 Å². The molecule has 2 aromatic carbocycles. The molecule has 1 heterocycles.